The first-order valence-electron chi connectivity index (χ1n) is 5.93. The molecule has 0 aliphatic heterocycles. The summed E-state index contributed by atoms with van der Waals surface area (Å²) in [6.45, 7) is 2.67. The van der Waals surface area contributed by atoms with Crippen molar-refractivity contribution in [3.8, 4) is 0 Å². The number of aryl methyl sites for hydroxylation is 1. The Hall–Kier alpha value is -1.35. The highest BCUT2D eigenvalue weighted by molar-refractivity contribution is 5.76. The summed E-state index contributed by atoms with van der Waals surface area (Å²) in [6.07, 6.45) is 2.45. The standard InChI is InChI=1S/C14H20O3/c1-11-6-5-7-12(10-11)13(14(15)16)8-3-4-9-17-2/h5-7,10,13H,3-4,8-9H2,1-2H3,(H,15,16). The second-order valence-corrected chi connectivity index (χ2v) is 4.29. The SMILES string of the molecule is COCCCCC(C(=O)O)c1cccc(C)c1. The molecular weight excluding hydrogens is 216 g/mol. The second kappa shape index (κ2) is 7.07. The molecule has 0 saturated heterocycles. The van der Waals surface area contributed by atoms with Crippen molar-refractivity contribution in [2.45, 2.75) is 32.1 Å². The third-order valence-corrected chi connectivity index (χ3v) is 2.83. The zero-order valence-corrected chi connectivity index (χ0v) is 10.5. The number of aliphatic carboxylic acids is 1. The van der Waals surface area contributed by atoms with Crippen LogP contribution in [0.3, 0.4) is 0 Å². The summed E-state index contributed by atoms with van der Waals surface area (Å²) in [5, 5.41) is 9.24. The minimum atomic E-state index is -0.743. The van der Waals surface area contributed by atoms with Crippen LogP contribution in [0.15, 0.2) is 24.3 Å². The number of methoxy groups -OCH3 is 1. The van der Waals surface area contributed by atoms with Gasteiger partial charge in [0, 0.05) is 13.7 Å². The zero-order chi connectivity index (χ0) is 12.7. The Bertz CT molecular complexity index is 360. The van der Waals surface area contributed by atoms with Gasteiger partial charge in [-0.1, -0.05) is 29.8 Å². The van der Waals surface area contributed by atoms with Crippen molar-refractivity contribution < 1.29 is 14.6 Å². The molecule has 1 N–H and O–H groups in total. The minimum Gasteiger partial charge on any atom is -0.481 e. The fourth-order valence-corrected chi connectivity index (χ4v) is 1.91. The maximum atomic E-state index is 11.2. The lowest BCUT2D eigenvalue weighted by Gasteiger charge is -2.13. The van der Waals surface area contributed by atoms with Gasteiger partial charge in [0.05, 0.1) is 5.92 Å². The Morgan fingerprint density at radius 2 is 2.18 bits per heavy atom. The Balaban J connectivity index is 2.63. The topological polar surface area (TPSA) is 46.5 Å². The van der Waals surface area contributed by atoms with Crippen LogP contribution in [0.25, 0.3) is 0 Å². The lowest BCUT2D eigenvalue weighted by atomic mass is 9.93. The number of carboxylic acid groups (broad SMARTS) is 1. The van der Waals surface area contributed by atoms with Gasteiger partial charge < -0.3 is 9.84 Å². The van der Waals surface area contributed by atoms with E-state index in [0.717, 1.165) is 24.0 Å². The van der Waals surface area contributed by atoms with Crippen LogP contribution in [0.4, 0.5) is 0 Å². The van der Waals surface area contributed by atoms with Crippen LogP contribution in [0.1, 0.15) is 36.3 Å². The number of carboxylic acids is 1. The summed E-state index contributed by atoms with van der Waals surface area (Å²) >= 11 is 0. The van der Waals surface area contributed by atoms with Gasteiger partial charge in [0.15, 0.2) is 0 Å². The molecule has 1 aromatic rings. The lowest BCUT2D eigenvalue weighted by molar-refractivity contribution is -0.139. The van der Waals surface area contributed by atoms with Gasteiger partial charge in [0.2, 0.25) is 0 Å². The highest BCUT2D eigenvalue weighted by atomic mass is 16.5. The highest BCUT2D eigenvalue weighted by Gasteiger charge is 2.19. The Morgan fingerprint density at radius 1 is 1.41 bits per heavy atom. The third-order valence-electron chi connectivity index (χ3n) is 2.83. The molecule has 1 aromatic carbocycles. The molecule has 0 aliphatic carbocycles. The van der Waals surface area contributed by atoms with E-state index < -0.39 is 11.9 Å². The zero-order valence-electron chi connectivity index (χ0n) is 10.5. The van der Waals surface area contributed by atoms with Crippen LogP contribution in [0.5, 0.6) is 0 Å². The Kier molecular flexibility index (Phi) is 5.70. The van der Waals surface area contributed by atoms with Crippen LogP contribution in [0.2, 0.25) is 0 Å². The van der Waals surface area contributed by atoms with Gasteiger partial charge in [-0.15, -0.1) is 0 Å². The number of unbranched alkanes of at least 4 members (excludes halogenated alkanes) is 1. The van der Waals surface area contributed by atoms with Gasteiger partial charge in [-0.25, -0.2) is 0 Å². The average molecular weight is 236 g/mol. The summed E-state index contributed by atoms with van der Waals surface area (Å²) in [7, 11) is 1.66. The molecule has 0 amide bonds. The number of carbonyl (C=O) groups is 1. The van der Waals surface area contributed by atoms with E-state index in [1.165, 1.54) is 0 Å². The van der Waals surface area contributed by atoms with Crippen LogP contribution >= 0.6 is 0 Å². The molecule has 17 heavy (non-hydrogen) atoms. The first kappa shape index (κ1) is 13.7. The molecule has 3 heteroatoms. The normalized spacial score (nSPS) is 12.4. The molecule has 0 aromatic heterocycles. The molecule has 94 valence electrons. The van der Waals surface area contributed by atoms with Gasteiger partial charge >= 0.3 is 5.97 Å². The molecule has 0 fully saturated rings. The predicted octanol–water partition coefficient (Wildman–Crippen LogP) is 2.98. The summed E-state index contributed by atoms with van der Waals surface area (Å²) in [5.74, 6) is -1.14. The number of hydrogen-bond donors (Lipinski definition) is 1. The van der Waals surface area contributed by atoms with Gasteiger partial charge in [0.25, 0.3) is 0 Å². The predicted molar refractivity (Wildman–Crippen MR) is 67.3 cm³/mol. The van der Waals surface area contributed by atoms with Gasteiger partial charge in [-0.2, -0.15) is 0 Å². The van der Waals surface area contributed by atoms with Crippen LogP contribution < -0.4 is 0 Å². The lowest BCUT2D eigenvalue weighted by Crippen LogP contribution is -2.12. The van der Waals surface area contributed by atoms with Gasteiger partial charge in [0.1, 0.15) is 0 Å². The molecule has 3 nitrogen and oxygen atoms in total. The number of ether oxygens (including phenoxy) is 1. The van der Waals surface area contributed by atoms with E-state index in [1.807, 2.05) is 31.2 Å². The maximum Gasteiger partial charge on any atom is 0.310 e. The molecule has 1 atom stereocenters. The van der Waals surface area contributed by atoms with Crippen LogP contribution in [-0.2, 0) is 9.53 Å². The Labute approximate surface area is 102 Å². The van der Waals surface area contributed by atoms with Gasteiger partial charge in [-0.3, -0.25) is 4.79 Å². The van der Waals surface area contributed by atoms with Crippen molar-refractivity contribution in [2.75, 3.05) is 13.7 Å². The minimum absolute atomic E-state index is 0.397. The van der Waals surface area contributed by atoms with E-state index in [-0.39, 0.29) is 0 Å². The molecule has 0 bridgehead atoms. The number of hydrogen-bond acceptors (Lipinski definition) is 2. The summed E-state index contributed by atoms with van der Waals surface area (Å²) < 4.78 is 4.96. The van der Waals surface area contributed by atoms with E-state index in [0.29, 0.717) is 13.0 Å². The van der Waals surface area contributed by atoms with E-state index in [4.69, 9.17) is 4.74 Å². The molecular formula is C14H20O3. The average Bonchev–Trinajstić information content (AvgIpc) is 2.28. The second-order valence-electron chi connectivity index (χ2n) is 4.29. The molecule has 0 heterocycles. The fourth-order valence-electron chi connectivity index (χ4n) is 1.91. The quantitative estimate of drug-likeness (QED) is 0.740. The number of benzene rings is 1. The largest absolute Gasteiger partial charge is 0.481 e. The molecule has 1 rings (SSSR count). The van der Waals surface area contributed by atoms with Crippen molar-refractivity contribution in [1.82, 2.24) is 0 Å². The van der Waals surface area contributed by atoms with E-state index in [9.17, 15) is 9.90 Å². The monoisotopic (exact) mass is 236 g/mol. The molecule has 1 unspecified atom stereocenters. The van der Waals surface area contributed by atoms with E-state index in [1.54, 1.807) is 7.11 Å². The van der Waals surface area contributed by atoms with Crippen molar-refractivity contribution >= 4 is 5.97 Å². The molecule has 0 spiro atoms. The van der Waals surface area contributed by atoms with E-state index >= 15 is 0 Å². The molecule has 0 aliphatic rings. The first-order chi connectivity index (χ1) is 8.15. The van der Waals surface area contributed by atoms with Crippen molar-refractivity contribution in [2.24, 2.45) is 0 Å². The van der Waals surface area contributed by atoms with E-state index in [2.05, 4.69) is 0 Å². The summed E-state index contributed by atoms with van der Waals surface area (Å²) in [6, 6.07) is 7.74. The smallest absolute Gasteiger partial charge is 0.310 e. The summed E-state index contributed by atoms with van der Waals surface area (Å²) in [5.41, 5.74) is 2.00. The fraction of sp³-hybridized carbons (Fsp3) is 0.500. The summed E-state index contributed by atoms with van der Waals surface area (Å²) in [4.78, 5) is 11.2. The first-order valence-corrected chi connectivity index (χ1v) is 5.93. The van der Waals surface area contributed by atoms with Crippen molar-refractivity contribution in [3.63, 3.8) is 0 Å². The van der Waals surface area contributed by atoms with Crippen LogP contribution in [0, 0.1) is 6.92 Å². The van der Waals surface area contributed by atoms with Crippen molar-refractivity contribution in [1.29, 1.82) is 0 Å². The highest BCUT2D eigenvalue weighted by Crippen LogP contribution is 2.23. The maximum absolute atomic E-state index is 11.2. The molecule has 0 saturated carbocycles. The van der Waals surface area contributed by atoms with Crippen LogP contribution in [-0.4, -0.2) is 24.8 Å². The number of rotatable bonds is 7. The van der Waals surface area contributed by atoms with Gasteiger partial charge in [-0.05, 0) is 31.7 Å². The van der Waals surface area contributed by atoms with Crippen molar-refractivity contribution in [3.05, 3.63) is 35.4 Å². The molecule has 0 radical (unpaired) electrons. The Morgan fingerprint density at radius 3 is 2.76 bits per heavy atom. The third kappa shape index (κ3) is 4.57.